The molecule has 2 rings (SSSR count). The molecule has 0 atom stereocenters. The third kappa shape index (κ3) is 6.60. The molecule has 1 aromatic carbocycles. The average molecular weight is 248 g/mol. The van der Waals surface area contributed by atoms with Gasteiger partial charge < -0.3 is 1.43 Å². The number of allylic oxidation sites excluding steroid dienone is 4. The fraction of sp³-hybridized carbons (Fsp3) is 0.0833. The minimum Gasteiger partial charge on any atom is -1.00 e. The molecule has 0 N–H and O–H groups in total. The van der Waals surface area contributed by atoms with E-state index >= 15 is 0 Å². The molecule has 0 spiro atoms. The molecule has 0 aromatic heterocycles. The number of benzene rings is 1. The zero-order chi connectivity index (χ0) is 8.65. The maximum Gasteiger partial charge on any atom is 2.00 e. The van der Waals surface area contributed by atoms with Crippen LogP contribution in [-0.4, -0.2) is 0 Å². The molecule has 1 aliphatic rings. The van der Waals surface area contributed by atoms with Crippen LogP contribution >= 0.6 is 0 Å². The van der Waals surface area contributed by atoms with Gasteiger partial charge in [0.25, 0.3) is 0 Å². The molecule has 0 saturated carbocycles. The Balaban J connectivity index is 0. The van der Waals surface area contributed by atoms with Gasteiger partial charge in [0.1, 0.15) is 0 Å². The van der Waals surface area contributed by atoms with Crippen molar-refractivity contribution >= 4 is 0 Å². The van der Waals surface area contributed by atoms with Gasteiger partial charge >= 0.3 is 26.2 Å². The quantitative estimate of drug-likeness (QED) is 0.618. The summed E-state index contributed by atoms with van der Waals surface area (Å²) in [5.74, 6) is 0. The molecule has 0 unspecified atom stereocenters. The summed E-state index contributed by atoms with van der Waals surface area (Å²) in [5.41, 5.74) is 1.07. The van der Waals surface area contributed by atoms with E-state index in [4.69, 9.17) is 0 Å². The van der Waals surface area contributed by atoms with Crippen LogP contribution in [-0.2, 0) is 26.2 Å². The Kier molecular flexibility index (Phi) is 7.73. The summed E-state index contributed by atoms with van der Waals surface area (Å²) in [6.45, 7) is 3.72. The van der Waals surface area contributed by atoms with E-state index in [9.17, 15) is 0 Å². The third-order valence-corrected chi connectivity index (χ3v) is 1.43. The third-order valence-electron chi connectivity index (χ3n) is 1.43. The van der Waals surface area contributed by atoms with Crippen LogP contribution in [0.4, 0.5) is 0 Å². The van der Waals surface area contributed by atoms with E-state index in [-0.39, 0.29) is 27.6 Å². The molecule has 66 valence electrons. The van der Waals surface area contributed by atoms with Crippen LogP contribution in [0.25, 0.3) is 0 Å². The van der Waals surface area contributed by atoms with Crippen LogP contribution < -0.4 is 0 Å². The van der Waals surface area contributed by atoms with Crippen molar-refractivity contribution in [3.05, 3.63) is 67.1 Å². The Labute approximate surface area is 101 Å². The molecule has 13 heavy (non-hydrogen) atoms. The van der Waals surface area contributed by atoms with Gasteiger partial charge in [0.05, 0.1) is 0 Å². The molecule has 1 aliphatic carbocycles. The second-order valence-corrected chi connectivity index (χ2v) is 2.49. The Morgan fingerprint density at radius 2 is 1.92 bits per heavy atom. The van der Waals surface area contributed by atoms with E-state index < -0.39 is 0 Å². The van der Waals surface area contributed by atoms with E-state index in [1.54, 1.807) is 0 Å². The van der Waals surface area contributed by atoms with Gasteiger partial charge in [-0.2, -0.15) is 30.7 Å². The summed E-state index contributed by atoms with van der Waals surface area (Å²) in [4.78, 5) is 0. The first-order valence-corrected chi connectivity index (χ1v) is 3.98. The fourth-order valence-corrected chi connectivity index (χ4v) is 0.818. The van der Waals surface area contributed by atoms with Crippen molar-refractivity contribution in [2.24, 2.45) is 0 Å². The van der Waals surface area contributed by atoms with Gasteiger partial charge in [0, 0.05) is 0 Å². The molecule has 0 aliphatic heterocycles. The smallest absolute Gasteiger partial charge is 1.00 e. The van der Waals surface area contributed by atoms with Crippen LogP contribution in [0.15, 0.2) is 48.6 Å². The van der Waals surface area contributed by atoms with Crippen molar-refractivity contribution in [1.29, 1.82) is 0 Å². The summed E-state index contributed by atoms with van der Waals surface area (Å²) in [6.07, 6.45) is 10.0. The Hall–Kier alpha value is -0.547. The molecular weight excluding hydrogens is 235 g/mol. The van der Waals surface area contributed by atoms with Gasteiger partial charge in [0.2, 0.25) is 0 Å². The molecule has 0 nitrogen and oxygen atoms in total. The van der Waals surface area contributed by atoms with Crippen molar-refractivity contribution in [3.8, 4) is 0 Å². The predicted octanol–water partition coefficient (Wildman–Crippen LogP) is 3.28. The maximum absolute atomic E-state index is 3.72. The largest absolute Gasteiger partial charge is 2.00 e. The number of hydrogen-bond donors (Lipinski definition) is 0. The standard InChI is InChI=1S/C7H7.C5H5.Zr.H/c1-7-5-3-2-4-6-7;1-2-4-5-3-1;;/h2-6H,1H2;1-3H,4H2;;/q2*-1;+2;-1. The zero-order valence-corrected chi connectivity index (χ0v) is 9.99. The summed E-state index contributed by atoms with van der Waals surface area (Å²) >= 11 is 0. The molecule has 0 radical (unpaired) electrons. The van der Waals surface area contributed by atoms with Gasteiger partial charge in [-0.15, -0.1) is 18.6 Å². The van der Waals surface area contributed by atoms with Crippen molar-refractivity contribution in [2.45, 2.75) is 6.42 Å². The predicted molar refractivity (Wildman–Crippen MR) is 53.6 cm³/mol. The van der Waals surface area contributed by atoms with Crippen molar-refractivity contribution < 1.29 is 27.6 Å². The van der Waals surface area contributed by atoms with Crippen LogP contribution in [0.2, 0.25) is 0 Å². The Morgan fingerprint density at radius 3 is 2.15 bits per heavy atom. The Bertz CT molecular complexity index is 255. The minimum atomic E-state index is 0. The normalized spacial score (nSPS) is 11.4. The molecular formula is C12H13Zr-. The second-order valence-electron chi connectivity index (χ2n) is 2.49. The average Bonchev–Trinajstić information content (AvgIpc) is 2.62. The van der Waals surface area contributed by atoms with Gasteiger partial charge in [-0.3, -0.25) is 6.08 Å². The van der Waals surface area contributed by atoms with Crippen molar-refractivity contribution in [1.82, 2.24) is 0 Å². The van der Waals surface area contributed by atoms with Crippen LogP contribution in [0.5, 0.6) is 0 Å². The molecule has 1 heteroatoms. The molecule has 0 heterocycles. The van der Waals surface area contributed by atoms with Crippen LogP contribution in [0.3, 0.4) is 0 Å². The minimum absolute atomic E-state index is 0. The summed E-state index contributed by atoms with van der Waals surface area (Å²) in [7, 11) is 0. The van der Waals surface area contributed by atoms with Crippen LogP contribution in [0.1, 0.15) is 13.4 Å². The molecule has 0 saturated heterocycles. The SMILES string of the molecule is [C-]1=CC=CC1.[CH2-]c1ccccc1.[H-].[Zr+2]. The maximum atomic E-state index is 3.72. The molecule has 0 fully saturated rings. The monoisotopic (exact) mass is 247 g/mol. The molecule has 0 amide bonds. The van der Waals surface area contributed by atoms with Gasteiger partial charge in [0.15, 0.2) is 0 Å². The van der Waals surface area contributed by atoms with Crippen molar-refractivity contribution in [3.63, 3.8) is 0 Å². The number of rotatable bonds is 0. The first kappa shape index (κ1) is 12.5. The second kappa shape index (κ2) is 8.07. The first-order valence-electron chi connectivity index (χ1n) is 3.98. The first-order chi connectivity index (χ1) is 5.89. The van der Waals surface area contributed by atoms with E-state index in [2.05, 4.69) is 19.1 Å². The van der Waals surface area contributed by atoms with E-state index in [1.165, 1.54) is 0 Å². The van der Waals surface area contributed by atoms with E-state index in [0.29, 0.717) is 0 Å². The molecule has 0 bridgehead atoms. The fourth-order valence-electron chi connectivity index (χ4n) is 0.818. The molecule has 1 aromatic rings. The van der Waals surface area contributed by atoms with Gasteiger partial charge in [-0.25, -0.2) is 12.2 Å². The zero-order valence-electron chi connectivity index (χ0n) is 8.53. The summed E-state index contributed by atoms with van der Waals surface area (Å²) in [5, 5.41) is 0. The topological polar surface area (TPSA) is 0 Å². The summed E-state index contributed by atoms with van der Waals surface area (Å²) in [6, 6.07) is 9.87. The number of hydrogen-bond acceptors (Lipinski definition) is 0. The summed E-state index contributed by atoms with van der Waals surface area (Å²) < 4.78 is 0. The van der Waals surface area contributed by atoms with E-state index in [1.807, 2.05) is 42.5 Å². The Morgan fingerprint density at radius 1 is 1.23 bits per heavy atom. The van der Waals surface area contributed by atoms with E-state index in [0.717, 1.165) is 12.0 Å². The van der Waals surface area contributed by atoms with Crippen LogP contribution in [0, 0.1) is 13.0 Å². The van der Waals surface area contributed by atoms with Crippen molar-refractivity contribution in [2.75, 3.05) is 0 Å². The van der Waals surface area contributed by atoms with Gasteiger partial charge in [-0.1, -0.05) is 6.07 Å². The van der Waals surface area contributed by atoms with Gasteiger partial charge in [-0.05, 0) is 0 Å².